The summed E-state index contributed by atoms with van der Waals surface area (Å²) >= 11 is 0. The van der Waals surface area contributed by atoms with Crippen molar-refractivity contribution in [1.29, 1.82) is 0 Å². The summed E-state index contributed by atoms with van der Waals surface area (Å²) in [6, 6.07) is 11.3. The third-order valence-electron chi connectivity index (χ3n) is 5.11. The molecular weight excluding hydrogens is 365 g/mol. The molecule has 4 nitrogen and oxygen atoms in total. The van der Waals surface area contributed by atoms with Gasteiger partial charge in [-0.3, -0.25) is 9.88 Å². The number of hydrogen-bond acceptors (Lipinski definition) is 4. The Labute approximate surface area is 163 Å². The molecule has 0 saturated carbocycles. The van der Waals surface area contributed by atoms with Gasteiger partial charge in [0.25, 0.3) is 0 Å². The molecular formula is C21H27F3N4. The zero-order valence-corrected chi connectivity index (χ0v) is 15.9. The number of nitrogens with two attached hydrogens (primary N) is 1. The van der Waals surface area contributed by atoms with E-state index in [0.717, 1.165) is 51.2 Å². The summed E-state index contributed by atoms with van der Waals surface area (Å²) in [4.78, 5) is 6.30. The van der Waals surface area contributed by atoms with Crippen LogP contribution < -0.4 is 11.1 Å². The molecule has 0 fully saturated rings. The molecule has 1 aliphatic heterocycles. The number of nitrogens with one attached hydrogen (secondary N) is 1. The van der Waals surface area contributed by atoms with Crippen LogP contribution in [0, 0.1) is 0 Å². The Morgan fingerprint density at radius 1 is 1.11 bits per heavy atom. The first kappa shape index (κ1) is 20.8. The second-order valence-electron chi connectivity index (χ2n) is 7.32. The number of rotatable bonds is 8. The van der Waals surface area contributed by atoms with Crippen molar-refractivity contribution in [1.82, 2.24) is 15.2 Å². The van der Waals surface area contributed by atoms with E-state index in [0.29, 0.717) is 24.8 Å². The minimum atomic E-state index is -4.36. The molecule has 0 spiro atoms. The predicted molar refractivity (Wildman–Crippen MR) is 104 cm³/mol. The average molecular weight is 392 g/mol. The van der Waals surface area contributed by atoms with E-state index in [4.69, 9.17) is 5.73 Å². The lowest BCUT2D eigenvalue weighted by molar-refractivity contribution is -0.137. The average Bonchev–Trinajstić information content (AvgIpc) is 2.68. The van der Waals surface area contributed by atoms with Crippen LogP contribution in [0.3, 0.4) is 0 Å². The summed E-state index contributed by atoms with van der Waals surface area (Å²) < 4.78 is 38.2. The molecule has 0 bridgehead atoms. The second kappa shape index (κ2) is 9.49. The molecule has 3 rings (SSSR count). The van der Waals surface area contributed by atoms with Crippen molar-refractivity contribution in [2.24, 2.45) is 5.73 Å². The van der Waals surface area contributed by atoms with Gasteiger partial charge >= 0.3 is 6.18 Å². The maximum Gasteiger partial charge on any atom is 0.417 e. The quantitative estimate of drug-likeness (QED) is 0.677. The van der Waals surface area contributed by atoms with Crippen molar-refractivity contribution in [2.45, 2.75) is 44.6 Å². The SMILES string of the molecule is NCCCCN(Cc1ccc(C(F)(F)F)cn1)C[C@H]1Cc2ccccc2CN1. The van der Waals surface area contributed by atoms with Crippen molar-refractivity contribution in [3.8, 4) is 0 Å². The number of unbranched alkanes of at least 4 members (excludes halogenated alkanes) is 1. The summed E-state index contributed by atoms with van der Waals surface area (Å²) in [5.74, 6) is 0. The number of benzene rings is 1. The van der Waals surface area contributed by atoms with Crippen LogP contribution in [-0.2, 0) is 25.7 Å². The lowest BCUT2D eigenvalue weighted by atomic mass is 9.95. The molecule has 1 atom stereocenters. The Hall–Kier alpha value is -1.96. The van der Waals surface area contributed by atoms with Gasteiger partial charge in [0.2, 0.25) is 0 Å². The first-order valence-corrected chi connectivity index (χ1v) is 9.70. The van der Waals surface area contributed by atoms with Crippen molar-refractivity contribution in [3.63, 3.8) is 0 Å². The fourth-order valence-electron chi connectivity index (χ4n) is 3.59. The number of fused-ring (bicyclic) bond motifs is 1. The second-order valence-corrected chi connectivity index (χ2v) is 7.32. The fourth-order valence-corrected chi connectivity index (χ4v) is 3.59. The number of hydrogen-bond donors (Lipinski definition) is 2. The van der Waals surface area contributed by atoms with Gasteiger partial charge in [-0.2, -0.15) is 13.2 Å². The van der Waals surface area contributed by atoms with Gasteiger partial charge in [0.15, 0.2) is 0 Å². The minimum absolute atomic E-state index is 0.308. The highest BCUT2D eigenvalue weighted by molar-refractivity contribution is 5.30. The van der Waals surface area contributed by atoms with Crippen LogP contribution in [0.1, 0.15) is 35.2 Å². The van der Waals surface area contributed by atoms with Crippen molar-refractivity contribution in [3.05, 3.63) is 65.0 Å². The summed E-state index contributed by atoms with van der Waals surface area (Å²) in [5.41, 5.74) is 8.24. The van der Waals surface area contributed by atoms with Crippen LogP contribution in [0.4, 0.5) is 13.2 Å². The lowest BCUT2D eigenvalue weighted by Crippen LogP contribution is -2.44. The van der Waals surface area contributed by atoms with E-state index in [-0.39, 0.29) is 0 Å². The van der Waals surface area contributed by atoms with Gasteiger partial charge < -0.3 is 11.1 Å². The summed E-state index contributed by atoms with van der Waals surface area (Å²) in [6.07, 6.45) is -0.601. The zero-order valence-electron chi connectivity index (χ0n) is 15.9. The highest BCUT2D eigenvalue weighted by Gasteiger charge is 2.30. The predicted octanol–water partition coefficient (Wildman–Crippen LogP) is 3.36. The van der Waals surface area contributed by atoms with Crippen LogP contribution in [-0.4, -0.2) is 35.6 Å². The highest BCUT2D eigenvalue weighted by Crippen LogP contribution is 2.28. The Balaban J connectivity index is 1.64. The Morgan fingerprint density at radius 2 is 1.89 bits per heavy atom. The van der Waals surface area contributed by atoms with Crippen molar-refractivity contribution >= 4 is 0 Å². The maximum atomic E-state index is 12.7. The molecule has 1 aromatic carbocycles. The van der Waals surface area contributed by atoms with Crippen molar-refractivity contribution < 1.29 is 13.2 Å². The molecule has 0 saturated heterocycles. The zero-order chi connectivity index (χ0) is 20.0. The molecule has 0 radical (unpaired) electrons. The summed E-state index contributed by atoms with van der Waals surface area (Å²) in [6.45, 7) is 3.68. The minimum Gasteiger partial charge on any atom is -0.330 e. The van der Waals surface area contributed by atoms with Gasteiger partial charge in [-0.1, -0.05) is 24.3 Å². The molecule has 1 aromatic heterocycles. The van der Waals surface area contributed by atoms with Crippen molar-refractivity contribution in [2.75, 3.05) is 19.6 Å². The van der Waals surface area contributed by atoms with E-state index >= 15 is 0 Å². The van der Waals surface area contributed by atoms with Crippen LogP contribution >= 0.6 is 0 Å². The van der Waals surface area contributed by atoms with Gasteiger partial charge in [-0.15, -0.1) is 0 Å². The van der Waals surface area contributed by atoms with Gasteiger partial charge in [-0.25, -0.2) is 0 Å². The van der Waals surface area contributed by atoms with E-state index in [2.05, 4.69) is 39.5 Å². The van der Waals surface area contributed by atoms with E-state index in [9.17, 15) is 13.2 Å². The first-order chi connectivity index (χ1) is 13.5. The smallest absolute Gasteiger partial charge is 0.330 e. The maximum absolute atomic E-state index is 12.7. The molecule has 0 unspecified atom stereocenters. The molecule has 3 N–H and O–H groups in total. The Bertz CT molecular complexity index is 746. The molecule has 2 heterocycles. The Kier molecular flexibility index (Phi) is 7.04. The molecule has 0 amide bonds. The van der Waals surface area contributed by atoms with E-state index in [1.165, 1.54) is 17.2 Å². The normalized spacial score (nSPS) is 17.0. The number of halogens is 3. The number of alkyl halides is 3. The number of nitrogens with zero attached hydrogens (tertiary/aromatic N) is 2. The van der Waals surface area contributed by atoms with Gasteiger partial charge in [0.05, 0.1) is 11.3 Å². The molecule has 1 aliphatic rings. The molecule has 152 valence electrons. The monoisotopic (exact) mass is 392 g/mol. The Morgan fingerprint density at radius 3 is 2.57 bits per heavy atom. The standard InChI is InChI=1S/C21H27F3N4/c22-21(23,24)18-7-8-19(27-13-18)14-28(10-4-3-9-25)15-20-11-16-5-1-2-6-17(16)12-26-20/h1-2,5-8,13,20,26H,3-4,9-12,14-15,25H2/t20-/m1/s1. The molecule has 2 aromatic rings. The topological polar surface area (TPSA) is 54.2 Å². The van der Waals surface area contributed by atoms with Crippen LogP contribution in [0.25, 0.3) is 0 Å². The summed E-state index contributed by atoms with van der Waals surface area (Å²) in [7, 11) is 0. The van der Waals surface area contributed by atoms with Crippen LogP contribution in [0.5, 0.6) is 0 Å². The molecule has 7 heteroatoms. The molecule has 28 heavy (non-hydrogen) atoms. The fraction of sp³-hybridized carbons (Fsp3) is 0.476. The summed E-state index contributed by atoms with van der Waals surface area (Å²) in [5, 5.41) is 3.58. The number of pyridine rings is 1. The van der Waals surface area contributed by atoms with Gasteiger partial charge in [-0.05, 0) is 55.6 Å². The van der Waals surface area contributed by atoms with E-state index in [1.807, 2.05) is 0 Å². The van der Waals surface area contributed by atoms with E-state index < -0.39 is 11.7 Å². The highest BCUT2D eigenvalue weighted by atomic mass is 19.4. The van der Waals surface area contributed by atoms with E-state index in [1.54, 1.807) is 0 Å². The first-order valence-electron chi connectivity index (χ1n) is 9.70. The third-order valence-corrected chi connectivity index (χ3v) is 5.11. The van der Waals surface area contributed by atoms with Gasteiger partial charge in [0.1, 0.15) is 0 Å². The van der Waals surface area contributed by atoms with Crippen LogP contribution in [0.15, 0.2) is 42.6 Å². The third kappa shape index (κ3) is 5.77. The lowest BCUT2D eigenvalue weighted by Gasteiger charge is -2.31. The number of aromatic nitrogens is 1. The molecule has 0 aliphatic carbocycles. The van der Waals surface area contributed by atoms with Crippen LogP contribution in [0.2, 0.25) is 0 Å². The largest absolute Gasteiger partial charge is 0.417 e. The van der Waals surface area contributed by atoms with Gasteiger partial charge in [0, 0.05) is 31.9 Å².